The molecular formula is C15H24N4O2. The molecule has 0 spiro atoms. The number of nitrogens with zero attached hydrogens (tertiary/aromatic N) is 1. The van der Waals surface area contributed by atoms with E-state index in [0.717, 1.165) is 12.1 Å². The summed E-state index contributed by atoms with van der Waals surface area (Å²) in [5.41, 5.74) is 3.20. The normalized spacial score (nSPS) is 9.90. The van der Waals surface area contributed by atoms with Crippen LogP contribution in [0.25, 0.3) is 0 Å². The molecule has 0 bridgehead atoms. The molecule has 0 aliphatic heterocycles. The van der Waals surface area contributed by atoms with Crippen molar-refractivity contribution >= 4 is 17.7 Å². The Kier molecular flexibility index (Phi) is 6.52. The maximum Gasteiger partial charge on any atom is 0.319 e. The standard InChI is InChI=1S/C15H24N4O2/c1-5-12-10-13(7-6-11(12)2)18-14(20)16-8-9-17-15(21)19(3)4/h6-7,10H,5,8-9H2,1-4H3,(H,17,21)(H2,16,18,20). The van der Waals surface area contributed by atoms with Gasteiger partial charge in [0.25, 0.3) is 0 Å². The number of amides is 4. The first kappa shape index (κ1) is 16.8. The van der Waals surface area contributed by atoms with Crippen molar-refractivity contribution in [3.63, 3.8) is 0 Å². The van der Waals surface area contributed by atoms with Crippen LogP contribution in [0.15, 0.2) is 18.2 Å². The summed E-state index contributed by atoms with van der Waals surface area (Å²) in [5.74, 6) is 0. The van der Waals surface area contributed by atoms with Gasteiger partial charge in [0.2, 0.25) is 0 Å². The molecule has 0 aromatic heterocycles. The van der Waals surface area contributed by atoms with Crippen LogP contribution in [0.4, 0.5) is 15.3 Å². The van der Waals surface area contributed by atoms with Gasteiger partial charge in [-0.1, -0.05) is 13.0 Å². The highest BCUT2D eigenvalue weighted by Crippen LogP contribution is 2.15. The summed E-state index contributed by atoms with van der Waals surface area (Å²) in [6, 6.07) is 5.39. The quantitative estimate of drug-likeness (QED) is 0.726. The number of anilines is 1. The monoisotopic (exact) mass is 292 g/mol. The summed E-state index contributed by atoms with van der Waals surface area (Å²) in [7, 11) is 3.33. The highest BCUT2D eigenvalue weighted by Gasteiger charge is 2.04. The third-order valence-electron chi connectivity index (χ3n) is 3.08. The summed E-state index contributed by atoms with van der Waals surface area (Å²) in [6.07, 6.45) is 0.930. The summed E-state index contributed by atoms with van der Waals surface area (Å²) in [6.45, 7) is 4.90. The van der Waals surface area contributed by atoms with E-state index in [1.165, 1.54) is 16.0 Å². The molecule has 0 atom stereocenters. The Morgan fingerprint density at radius 2 is 1.81 bits per heavy atom. The largest absolute Gasteiger partial charge is 0.336 e. The molecule has 0 fully saturated rings. The number of hydrogen-bond acceptors (Lipinski definition) is 2. The van der Waals surface area contributed by atoms with E-state index in [1.54, 1.807) is 14.1 Å². The third kappa shape index (κ3) is 5.72. The first-order valence-corrected chi connectivity index (χ1v) is 7.03. The Morgan fingerprint density at radius 3 is 2.43 bits per heavy atom. The number of rotatable bonds is 5. The van der Waals surface area contributed by atoms with E-state index >= 15 is 0 Å². The second-order valence-electron chi connectivity index (χ2n) is 5.00. The van der Waals surface area contributed by atoms with Crippen LogP contribution in [-0.4, -0.2) is 44.1 Å². The Morgan fingerprint density at radius 1 is 1.14 bits per heavy atom. The summed E-state index contributed by atoms with van der Waals surface area (Å²) < 4.78 is 0. The van der Waals surface area contributed by atoms with Crippen LogP contribution in [-0.2, 0) is 6.42 Å². The van der Waals surface area contributed by atoms with Crippen LogP contribution in [0.1, 0.15) is 18.1 Å². The molecule has 0 unspecified atom stereocenters. The molecule has 0 aliphatic rings. The minimum absolute atomic E-state index is 0.177. The van der Waals surface area contributed by atoms with Crippen molar-refractivity contribution in [2.24, 2.45) is 0 Å². The van der Waals surface area contributed by atoms with Crippen molar-refractivity contribution in [2.75, 3.05) is 32.5 Å². The molecule has 0 heterocycles. The second kappa shape index (κ2) is 8.14. The molecule has 0 radical (unpaired) electrons. The topological polar surface area (TPSA) is 73.5 Å². The van der Waals surface area contributed by atoms with Crippen molar-refractivity contribution in [3.05, 3.63) is 29.3 Å². The second-order valence-corrected chi connectivity index (χ2v) is 5.00. The van der Waals surface area contributed by atoms with Gasteiger partial charge in [-0.15, -0.1) is 0 Å². The number of nitrogens with one attached hydrogen (secondary N) is 3. The van der Waals surface area contributed by atoms with Gasteiger partial charge in [0.1, 0.15) is 0 Å². The van der Waals surface area contributed by atoms with E-state index in [-0.39, 0.29) is 12.1 Å². The first-order valence-electron chi connectivity index (χ1n) is 7.03. The van der Waals surface area contributed by atoms with Gasteiger partial charge in [0.05, 0.1) is 0 Å². The summed E-state index contributed by atoms with van der Waals surface area (Å²) >= 11 is 0. The molecule has 0 saturated carbocycles. The molecule has 1 rings (SSSR count). The van der Waals surface area contributed by atoms with E-state index in [2.05, 4.69) is 29.8 Å². The Bertz CT molecular complexity index is 500. The average molecular weight is 292 g/mol. The lowest BCUT2D eigenvalue weighted by Crippen LogP contribution is -2.40. The van der Waals surface area contributed by atoms with Crippen LogP contribution < -0.4 is 16.0 Å². The van der Waals surface area contributed by atoms with Gasteiger partial charge >= 0.3 is 12.1 Å². The number of aryl methyl sites for hydroxylation is 2. The molecule has 0 aliphatic carbocycles. The van der Waals surface area contributed by atoms with Gasteiger partial charge in [-0.25, -0.2) is 9.59 Å². The molecule has 0 saturated heterocycles. The number of carbonyl (C=O) groups is 2. The lowest BCUT2D eigenvalue weighted by molar-refractivity contribution is 0.217. The first-order chi connectivity index (χ1) is 9.93. The van der Waals surface area contributed by atoms with Crippen molar-refractivity contribution in [3.8, 4) is 0 Å². The fourth-order valence-electron chi connectivity index (χ4n) is 1.81. The predicted octanol–water partition coefficient (Wildman–Crippen LogP) is 1.95. The van der Waals surface area contributed by atoms with Crippen molar-refractivity contribution in [1.29, 1.82) is 0 Å². The van der Waals surface area contributed by atoms with Gasteiger partial charge in [-0.2, -0.15) is 0 Å². The van der Waals surface area contributed by atoms with Crippen molar-refractivity contribution in [1.82, 2.24) is 15.5 Å². The predicted molar refractivity (Wildman–Crippen MR) is 84.7 cm³/mol. The number of urea groups is 2. The molecule has 21 heavy (non-hydrogen) atoms. The summed E-state index contributed by atoms with van der Waals surface area (Å²) in [5, 5.41) is 8.15. The molecule has 4 amide bonds. The van der Waals surface area contributed by atoms with E-state index in [0.29, 0.717) is 13.1 Å². The van der Waals surface area contributed by atoms with Gasteiger partial charge in [-0.05, 0) is 36.6 Å². The van der Waals surface area contributed by atoms with Crippen LogP contribution in [0.5, 0.6) is 0 Å². The van der Waals surface area contributed by atoms with Crippen LogP contribution >= 0.6 is 0 Å². The minimum Gasteiger partial charge on any atom is -0.336 e. The number of carbonyl (C=O) groups excluding carboxylic acids is 2. The fourth-order valence-corrected chi connectivity index (χ4v) is 1.81. The summed E-state index contributed by atoms with van der Waals surface area (Å²) in [4.78, 5) is 24.4. The Labute approximate surface area is 125 Å². The molecule has 6 nitrogen and oxygen atoms in total. The Hall–Kier alpha value is -2.24. The zero-order chi connectivity index (χ0) is 15.8. The van der Waals surface area contributed by atoms with E-state index < -0.39 is 0 Å². The van der Waals surface area contributed by atoms with Gasteiger partial charge in [0, 0.05) is 32.9 Å². The zero-order valence-corrected chi connectivity index (χ0v) is 13.1. The van der Waals surface area contributed by atoms with Gasteiger partial charge in [0.15, 0.2) is 0 Å². The SMILES string of the molecule is CCc1cc(NC(=O)NCCNC(=O)N(C)C)ccc1C. The van der Waals surface area contributed by atoms with E-state index in [1.807, 2.05) is 18.2 Å². The lowest BCUT2D eigenvalue weighted by Gasteiger charge is -2.13. The lowest BCUT2D eigenvalue weighted by atomic mass is 10.1. The molecule has 1 aromatic carbocycles. The smallest absolute Gasteiger partial charge is 0.319 e. The van der Waals surface area contributed by atoms with Crippen LogP contribution in [0.3, 0.4) is 0 Å². The molecular weight excluding hydrogens is 268 g/mol. The van der Waals surface area contributed by atoms with Crippen molar-refractivity contribution in [2.45, 2.75) is 20.3 Å². The number of hydrogen-bond donors (Lipinski definition) is 3. The molecule has 116 valence electrons. The minimum atomic E-state index is -0.278. The van der Waals surface area contributed by atoms with Gasteiger partial charge in [-0.3, -0.25) is 0 Å². The van der Waals surface area contributed by atoms with E-state index in [4.69, 9.17) is 0 Å². The highest BCUT2D eigenvalue weighted by atomic mass is 16.2. The maximum absolute atomic E-state index is 11.7. The molecule has 1 aromatic rings. The highest BCUT2D eigenvalue weighted by molar-refractivity contribution is 5.89. The fraction of sp³-hybridized carbons (Fsp3) is 0.467. The molecule has 6 heteroatoms. The van der Waals surface area contributed by atoms with Gasteiger partial charge < -0.3 is 20.9 Å². The maximum atomic E-state index is 11.7. The molecule has 3 N–H and O–H groups in total. The average Bonchev–Trinajstić information content (AvgIpc) is 2.45. The Balaban J connectivity index is 2.35. The zero-order valence-electron chi connectivity index (χ0n) is 13.1. The van der Waals surface area contributed by atoms with Crippen molar-refractivity contribution < 1.29 is 9.59 Å². The van der Waals surface area contributed by atoms with E-state index in [9.17, 15) is 9.59 Å². The van der Waals surface area contributed by atoms with Crippen LogP contribution in [0.2, 0.25) is 0 Å². The van der Waals surface area contributed by atoms with Crippen LogP contribution in [0, 0.1) is 6.92 Å². The third-order valence-corrected chi connectivity index (χ3v) is 3.08. The number of benzene rings is 1.